The second kappa shape index (κ2) is 6.08. The first-order valence-electron chi connectivity index (χ1n) is 8.03. The number of likely N-dealkylation sites (tertiary alicyclic amines) is 1. The Labute approximate surface area is 117 Å². The zero-order valence-corrected chi connectivity index (χ0v) is 12.3. The van der Waals surface area contributed by atoms with Crippen LogP contribution in [-0.4, -0.2) is 67.8 Å². The molecular weight excluding hydrogens is 238 g/mol. The average Bonchev–Trinajstić information content (AvgIpc) is 2.68. The highest BCUT2D eigenvalue weighted by Crippen LogP contribution is 2.31. The average molecular weight is 267 g/mol. The van der Waals surface area contributed by atoms with Gasteiger partial charge in [0.25, 0.3) is 0 Å². The highest BCUT2D eigenvalue weighted by atomic mass is 16.5. The molecule has 0 aromatic rings. The Balaban J connectivity index is 1.66. The molecule has 3 heterocycles. The molecule has 3 rings (SSSR count). The summed E-state index contributed by atoms with van der Waals surface area (Å²) in [6, 6.07) is 2.11. The molecule has 0 amide bonds. The van der Waals surface area contributed by atoms with Gasteiger partial charge in [-0.15, -0.1) is 0 Å². The van der Waals surface area contributed by atoms with Crippen LogP contribution in [0.4, 0.5) is 0 Å². The Morgan fingerprint density at radius 2 is 2.05 bits per heavy atom. The fraction of sp³-hybridized carbons (Fsp3) is 1.00. The molecule has 0 aliphatic carbocycles. The predicted octanol–water partition coefficient (Wildman–Crippen LogP) is 0.909. The van der Waals surface area contributed by atoms with Crippen molar-refractivity contribution in [3.05, 3.63) is 0 Å². The summed E-state index contributed by atoms with van der Waals surface area (Å²) in [5.41, 5.74) is 6.11. The van der Waals surface area contributed by atoms with Gasteiger partial charge in [0, 0.05) is 44.4 Å². The van der Waals surface area contributed by atoms with E-state index in [1.807, 2.05) is 0 Å². The molecule has 110 valence electrons. The lowest BCUT2D eigenvalue weighted by Crippen LogP contribution is -2.50. The van der Waals surface area contributed by atoms with Gasteiger partial charge in [-0.2, -0.15) is 0 Å². The van der Waals surface area contributed by atoms with Gasteiger partial charge in [0.15, 0.2) is 0 Å². The smallest absolute Gasteiger partial charge is 0.0509 e. The number of rotatable bonds is 3. The predicted molar refractivity (Wildman–Crippen MR) is 77.1 cm³/mol. The Bertz CT molecular complexity index is 293. The third-order valence-electron chi connectivity index (χ3n) is 5.63. The molecule has 4 atom stereocenters. The van der Waals surface area contributed by atoms with Gasteiger partial charge < -0.3 is 10.5 Å². The van der Waals surface area contributed by atoms with Crippen LogP contribution in [0.15, 0.2) is 0 Å². The highest BCUT2D eigenvalue weighted by molar-refractivity contribution is 4.94. The van der Waals surface area contributed by atoms with Crippen LogP contribution in [-0.2, 0) is 4.74 Å². The molecule has 3 saturated heterocycles. The van der Waals surface area contributed by atoms with Crippen molar-refractivity contribution >= 4 is 0 Å². The van der Waals surface area contributed by atoms with E-state index in [1.54, 1.807) is 0 Å². The standard InChI is InChI=1S/C15H29N3O/c1-17-13-4-5-14(17)10-18(7-6-13)15(9-16)12-3-2-8-19-11-12/h12-15H,2-11,16H2,1H3. The van der Waals surface area contributed by atoms with Crippen molar-refractivity contribution < 1.29 is 4.74 Å². The van der Waals surface area contributed by atoms with E-state index in [0.29, 0.717) is 12.0 Å². The van der Waals surface area contributed by atoms with Crippen LogP contribution in [0.5, 0.6) is 0 Å². The summed E-state index contributed by atoms with van der Waals surface area (Å²) in [6.07, 6.45) is 6.59. The number of nitrogens with zero attached hydrogens (tertiary/aromatic N) is 2. The van der Waals surface area contributed by atoms with Gasteiger partial charge in [0.1, 0.15) is 0 Å². The normalized spacial score (nSPS) is 39.2. The third-order valence-corrected chi connectivity index (χ3v) is 5.63. The summed E-state index contributed by atoms with van der Waals surface area (Å²) in [5.74, 6) is 0.653. The minimum absolute atomic E-state index is 0.535. The molecule has 0 radical (unpaired) electrons. The fourth-order valence-corrected chi connectivity index (χ4v) is 4.35. The molecular formula is C15H29N3O. The van der Waals surface area contributed by atoms with E-state index in [2.05, 4.69) is 16.8 Å². The highest BCUT2D eigenvalue weighted by Gasteiger charge is 2.38. The molecule has 0 aromatic heterocycles. The Morgan fingerprint density at radius 1 is 1.21 bits per heavy atom. The van der Waals surface area contributed by atoms with Gasteiger partial charge in [0.2, 0.25) is 0 Å². The molecule has 4 nitrogen and oxygen atoms in total. The lowest BCUT2D eigenvalue weighted by atomic mass is 9.91. The van der Waals surface area contributed by atoms with E-state index < -0.39 is 0 Å². The van der Waals surface area contributed by atoms with Gasteiger partial charge in [-0.1, -0.05) is 0 Å². The SMILES string of the molecule is CN1C2CCC1CN(C(CN)C1CCCOC1)CC2. The topological polar surface area (TPSA) is 41.7 Å². The first-order valence-corrected chi connectivity index (χ1v) is 8.03. The maximum atomic E-state index is 6.11. The van der Waals surface area contributed by atoms with Crippen molar-refractivity contribution in [3.8, 4) is 0 Å². The quantitative estimate of drug-likeness (QED) is 0.825. The zero-order chi connectivity index (χ0) is 13.2. The van der Waals surface area contributed by atoms with Crippen LogP contribution in [0.1, 0.15) is 32.1 Å². The van der Waals surface area contributed by atoms with E-state index in [4.69, 9.17) is 10.5 Å². The minimum atomic E-state index is 0.535. The van der Waals surface area contributed by atoms with Gasteiger partial charge in [-0.3, -0.25) is 9.80 Å². The molecule has 3 aliphatic heterocycles. The zero-order valence-electron chi connectivity index (χ0n) is 12.3. The van der Waals surface area contributed by atoms with Gasteiger partial charge in [0.05, 0.1) is 6.61 Å². The lowest BCUT2D eigenvalue weighted by Gasteiger charge is -2.39. The Morgan fingerprint density at radius 3 is 2.79 bits per heavy atom. The molecule has 0 saturated carbocycles. The van der Waals surface area contributed by atoms with E-state index in [-0.39, 0.29) is 0 Å². The molecule has 2 N–H and O–H groups in total. The van der Waals surface area contributed by atoms with E-state index in [0.717, 1.165) is 31.8 Å². The number of ether oxygens (including phenoxy) is 1. The van der Waals surface area contributed by atoms with Crippen LogP contribution >= 0.6 is 0 Å². The molecule has 2 bridgehead atoms. The summed E-state index contributed by atoms with van der Waals surface area (Å²) < 4.78 is 5.68. The van der Waals surface area contributed by atoms with E-state index >= 15 is 0 Å². The van der Waals surface area contributed by atoms with Crippen LogP contribution in [0.2, 0.25) is 0 Å². The second-order valence-corrected chi connectivity index (χ2v) is 6.61. The third kappa shape index (κ3) is 2.82. The largest absolute Gasteiger partial charge is 0.381 e. The molecule has 3 fully saturated rings. The van der Waals surface area contributed by atoms with Crippen molar-refractivity contribution in [2.24, 2.45) is 11.7 Å². The summed E-state index contributed by atoms with van der Waals surface area (Å²) >= 11 is 0. The fourth-order valence-electron chi connectivity index (χ4n) is 4.35. The minimum Gasteiger partial charge on any atom is -0.381 e. The van der Waals surface area contributed by atoms with Crippen molar-refractivity contribution in [1.29, 1.82) is 0 Å². The van der Waals surface area contributed by atoms with E-state index in [9.17, 15) is 0 Å². The summed E-state index contributed by atoms with van der Waals surface area (Å²) in [5, 5.41) is 0. The van der Waals surface area contributed by atoms with Crippen LogP contribution < -0.4 is 5.73 Å². The van der Waals surface area contributed by atoms with Crippen molar-refractivity contribution in [2.75, 3.05) is 39.9 Å². The van der Waals surface area contributed by atoms with Crippen molar-refractivity contribution in [1.82, 2.24) is 9.80 Å². The number of fused-ring (bicyclic) bond motifs is 2. The van der Waals surface area contributed by atoms with Gasteiger partial charge in [-0.05, 0) is 45.1 Å². The Hall–Kier alpha value is -0.160. The molecule has 3 aliphatic rings. The lowest BCUT2D eigenvalue weighted by molar-refractivity contribution is 0.00917. The summed E-state index contributed by atoms with van der Waals surface area (Å²) in [4.78, 5) is 5.30. The van der Waals surface area contributed by atoms with Crippen molar-refractivity contribution in [3.63, 3.8) is 0 Å². The van der Waals surface area contributed by atoms with E-state index in [1.165, 1.54) is 45.2 Å². The first-order chi connectivity index (χ1) is 9.29. The second-order valence-electron chi connectivity index (χ2n) is 6.61. The molecule has 0 spiro atoms. The molecule has 4 unspecified atom stereocenters. The first kappa shape index (κ1) is 13.8. The number of nitrogens with two attached hydrogens (primary N) is 1. The van der Waals surface area contributed by atoms with Crippen molar-refractivity contribution in [2.45, 2.75) is 50.2 Å². The Kier molecular flexibility index (Phi) is 4.42. The van der Waals surface area contributed by atoms with Crippen LogP contribution in [0.3, 0.4) is 0 Å². The monoisotopic (exact) mass is 267 g/mol. The number of hydrogen-bond donors (Lipinski definition) is 1. The maximum Gasteiger partial charge on any atom is 0.0509 e. The van der Waals surface area contributed by atoms with Crippen LogP contribution in [0.25, 0.3) is 0 Å². The molecule has 19 heavy (non-hydrogen) atoms. The summed E-state index contributed by atoms with van der Waals surface area (Å²) in [7, 11) is 2.31. The van der Waals surface area contributed by atoms with Gasteiger partial charge >= 0.3 is 0 Å². The molecule has 4 heteroatoms. The number of likely N-dealkylation sites (N-methyl/N-ethyl adjacent to an activating group) is 1. The molecule has 0 aromatic carbocycles. The summed E-state index contributed by atoms with van der Waals surface area (Å²) in [6.45, 7) is 5.09. The van der Waals surface area contributed by atoms with Crippen LogP contribution in [0, 0.1) is 5.92 Å². The van der Waals surface area contributed by atoms with Gasteiger partial charge in [-0.25, -0.2) is 0 Å². The number of hydrogen-bond acceptors (Lipinski definition) is 4. The maximum absolute atomic E-state index is 6.11.